The summed E-state index contributed by atoms with van der Waals surface area (Å²) < 4.78 is 40.1. The number of nitrogens with one attached hydrogen (secondary N) is 1. The molecular weight excluding hydrogens is 420 g/mol. The van der Waals surface area contributed by atoms with E-state index in [2.05, 4.69) is 25.6 Å². The number of hydrogen-bond acceptors (Lipinski definition) is 5. The summed E-state index contributed by atoms with van der Waals surface area (Å²) in [6.07, 6.45) is 0.718. The van der Waals surface area contributed by atoms with Crippen LogP contribution in [0.25, 0.3) is 0 Å². The molecule has 2 aromatic carbocycles. The largest absolute Gasteiger partial charge is 0.496 e. The number of hydrogen-bond donors (Lipinski definition) is 1. The van der Waals surface area contributed by atoms with E-state index in [0.717, 1.165) is 12.0 Å². The van der Waals surface area contributed by atoms with Crippen molar-refractivity contribution >= 4 is 31.6 Å². The second kappa shape index (κ2) is 7.46. The highest BCUT2D eigenvalue weighted by atomic mass is 79.9. The Hall–Kier alpha value is -1.77. The van der Waals surface area contributed by atoms with Crippen molar-refractivity contribution in [2.75, 3.05) is 32.5 Å². The number of likely N-dealkylation sites (N-methyl/N-ethyl adjacent to an activating group) is 1. The summed E-state index contributed by atoms with van der Waals surface area (Å²) in [4.78, 5) is 2.26. The Labute approximate surface area is 162 Å². The van der Waals surface area contributed by atoms with Gasteiger partial charge in [0.2, 0.25) is 0 Å². The number of fused-ring (bicyclic) bond motifs is 1. The first-order valence-corrected chi connectivity index (χ1v) is 10.4. The van der Waals surface area contributed by atoms with Crippen LogP contribution in [0.15, 0.2) is 45.8 Å². The zero-order valence-corrected chi connectivity index (χ0v) is 17.2. The lowest BCUT2D eigenvalue weighted by Gasteiger charge is -2.32. The van der Waals surface area contributed by atoms with Crippen molar-refractivity contribution in [3.63, 3.8) is 0 Å². The molecule has 0 aliphatic carbocycles. The predicted molar refractivity (Wildman–Crippen MR) is 105 cm³/mol. The van der Waals surface area contributed by atoms with Gasteiger partial charge in [0.25, 0.3) is 10.0 Å². The number of methoxy groups -OCH3 is 1. The Kier molecular flexibility index (Phi) is 5.45. The molecule has 1 heterocycles. The van der Waals surface area contributed by atoms with E-state index in [1.165, 1.54) is 0 Å². The molecule has 0 spiro atoms. The molecule has 1 N–H and O–H groups in total. The molecule has 0 fully saturated rings. The Morgan fingerprint density at radius 3 is 2.62 bits per heavy atom. The minimum atomic E-state index is -3.76. The maximum absolute atomic E-state index is 12.8. The summed E-state index contributed by atoms with van der Waals surface area (Å²) in [5.41, 5.74) is 1.28. The Morgan fingerprint density at radius 1 is 1.23 bits per heavy atom. The van der Waals surface area contributed by atoms with Crippen molar-refractivity contribution in [3.8, 4) is 11.5 Å². The van der Waals surface area contributed by atoms with Crippen molar-refractivity contribution in [1.82, 2.24) is 4.90 Å². The van der Waals surface area contributed by atoms with Gasteiger partial charge in [0.1, 0.15) is 23.0 Å². The molecule has 6 nitrogen and oxygen atoms in total. The van der Waals surface area contributed by atoms with Crippen LogP contribution in [-0.2, 0) is 16.4 Å². The highest BCUT2D eigenvalue weighted by Crippen LogP contribution is 2.41. The smallest absolute Gasteiger partial charge is 0.263 e. The van der Waals surface area contributed by atoms with Gasteiger partial charge in [-0.3, -0.25) is 4.72 Å². The van der Waals surface area contributed by atoms with Crippen molar-refractivity contribution < 1.29 is 17.9 Å². The van der Waals surface area contributed by atoms with Crippen LogP contribution in [0, 0.1) is 0 Å². The fourth-order valence-corrected chi connectivity index (χ4v) is 4.97. The molecule has 3 rings (SSSR count). The van der Waals surface area contributed by atoms with Crippen molar-refractivity contribution in [1.29, 1.82) is 0 Å². The summed E-state index contributed by atoms with van der Waals surface area (Å²) >= 11 is 3.29. The first kappa shape index (κ1) is 19.0. The average molecular weight is 441 g/mol. The maximum Gasteiger partial charge on any atom is 0.263 e. The van der Waals surface area contributed by atoms with Gasteiger partial charge in [0.05, 0.1) is 12.8 Å². The number of halogens is 1. The molecular formula is C18H21BrN2O4S. The number of ether oxygens (including phenoxy) is 2. The molecule has 1 aliphatic rings. The zero-order valence-electron chi connectivity index (χ0n) is 14.8. The van der Waals surface area contributed by atoms with Gasteiger partial charge in [-0.05, 0) is 60.7 Å². The van der Waals surface area contributed by atoms with Crippen molar-refractivity contribution in [2.24, 2.45) is 0 Å². The van der Waals surface area contributed by atoms with E-state index in [-0.39, 0.29) is 10.9 Å². The third-order valence-corrected chi connectivity index (χ3v) is 6.78. The summed E-state index contributed by atoms with van der Waals surface area (Å²) in [5, 5.41) is 0. The van der Waals surface area contributed by atoms with Gasteiger partial charge in [-0.2, -0.15) is 0 Å². The Bertz CT molecular complexity index is 915. The van der Waals surface area contributed by atoms with Crippen molar-refractivity contribution in [3.05, 3.63) is 46.4 Å². The standard InChI is InChI=1S/C18H21BrN2O4S/c1-21(2)12-10-13-16(24-3)9-8-15(18(13)25-11-12)20-26(22,23)17-7-5-4-6-14(17)19/h4-9,12,20H,10-11H2,1-3H3/t12-/m1/s1. The van der Waals surface area contributed by atoms with Crippen LogP contribution in [0.2, 0.25) is 0 Å². The van der Waals surface area contributed by atoms with E-state index in [4.69, 9.17) is 9.47 Å². The van der Waals surface area contributed by atoms with Crippen molar-refractivity contribution in [2.45, 2.75) is 17.4 Å². The number of nitrogens with zero attached hydrogens (tertiary/aromatic N) is 1. The van der Waals surface area contributed by atoms with Crippen LogP contribution < -0.4 is 14.2 Å². The van der Waals surface area contributed by atoms with E-state index in [9.17, 15) is 8.42 Å². The zero-order chi connectivity index (χ0) is 18.9. The number of anilines is 1. The monoisotopic (exact) mass is 440 g/mol. The average Bonchev–Trinajstić information content (AvgIpc) is 2.61. The third-order valence-electron chi connectivity index (χ3n) is 4.40. The van der Waals surface area contributed by atoms with Crippen LogP contribution in [0.5, 0.6) is 11.5 Å². The lowest BCUT2D eigenvalue weighted by Crippen LogP contribution is -2.38. The van der Waals surface area contributed by atoms with Gasteiger partial charge in [0.15, 0.2) is 0 Å². The van der Waals surface area contributed by atoms with Gasteiger partial charge in [-0.25, -0.2) is 8.42 Å². The van der Waals surface area contributed by atoms with Crippen LogP contribution in [0.4, 0.5) is 5.69 Å². The molecule has 2 aromatic rings. The SMILES string of the molecule is COc1ccc(NS(=O)(=O)c2ccccc2Br)c2c1C[C@@H](N(C)C)CO2. The number of benzene rings is 2. The maximum atomic E-state index is 12.8. The molecule has 0 aromatic heterocycles. The van der Waals surface area contributed by atoms with Crippen LogP contribution in [-0.4, -0.2) is 47.2 Å². The molecule has 0 radical (unpaired) electrons. The van der Waals surface area contributed by atoms with E-state index in [0.29, 0.717) is 28.3 Å². The first-order valence-electron chi connectivity index (χ1n) is 8.10. The van der Waals surface area contributed by atoms with E-state index in [1.54, 1.807) is 43.5 Å². The molecule has 0 saturated carbocycles. The Balaban J connectivity index is 2.00. The summed E-state index contributed by atoms with van der Waals surface area (Å²) in [7, 11) is 1.82. The van der Waals surface area contributed by atoms with E-state index in [1.807, 2.05) is 14.1 Å². The molecule has 26 heavy (non-hydrogen) atoms. The molecule has 0 amide bonds. The lowest BCUT2D eigenvalue weighted by molar-refractivity contribution is 0.164. The number of sulfonamides is 1. The van der Waals surface area contributed by atoms with Crippen LogP contribution in [0.1, 0.15) is 5.56 Å². The second-order valence-corrected chi connectivity index (χ2v) is 8.80. The minimum Gasteiger partial charge on any atom is -0.496 e. The molecule has 140 valence electrons. The normalized spacial score (nSPS) is 16.7. The van der Waals surface area contributed by atoms with Gasteiger partial charge in [-0.1, -0.05) is 12.1 Å². The first-order chi connectivity index (χ1) is 12.3. The summed E-state index contributed by atoms with van der Waals surface area (Å²) in [6, 6.07) is 10.3. The van der Waals surface area contributed by atoms with E-state index >= 15 is 0 Å². The Morgan fingerprint density at radius 2 is 1.96 bits per heavy atom. The highest BCUT2D eigenvalue weighted by Gasteiger charge is 2.28. The van der Waals surface area contributed by atoms with E-state index < -0.39 is 10.0 Å². The quantitative estimate of drug-likeness (QED) is 0.773. The molecule has 0 saturated heterocycles. The molecule has 8 heteroatoms. The molecule has 0 unspecified atom stereocenters. The minimum absolute atomic E-state index is 0.173. The van der Waals surface area contributed by atoms with Gasteiger partial charge < -0.3 is 14.4 Å². The summed E-state index contributed by atoms with van der Waals surface area (Å²) in [6.45, 7) is 0.483. The lowest BCUT2D eigenvalue weighted by atomic mass is 10.00. The molecule has 1 atom stereocenters. The predicted octanol–water partition coefficient (Wildman–Crippen LogP) is 3.12. The molecule has 1 aliphatic heterocycles. The number of rotatable bonds is 5. The summed E-state index contributed by atoms with van der Waals surface area (Å²) in [5.74, 6) is 1.22. The second-order valence-electron chi connectivity index (χ2n) is 6.29. The van der Waals surface area contributed by atoms with Gasteiger partial charge in [-0.15, -0.1) is 0 Å². The van der Waals surface area contributed by atoms with Gasteiger partial charge >= 0.3 is 0 Å². The fraction of sp³-hybridized carbons (Fsp3) is 0.333. The third kappa shape index (κ3) is 3.67. The van der Waals surface area contributed by atoms with Crippen LogP contribution >= 0.6 is 15.9 Å². The van der Waals surface area contributed by atoms with Gasteiger partial charge in [0, 0.05) is 16.1 Å². The van der Waals surface area contributed by atoms with Crippen LogP contribution in [0.3, 0.4) is 0 Å². The topological polar surface area (TPSA) is 67.9 Å². The molecule has 0 bridgehead atoms. The fourth-order valence-electron chi connectivity index (χ4n) is 2.91. The highest BCUT2D eigenvalue weighted by molar-refractivity contribution is 9.10.